The molecule has 0 spiro atoms. The predicted molar refractivity (Wildman–Crippen MR) is 48.0 cm³/mol. The molecule has 1 aliphatic rings. The van der Waals surface area contributed by atoms with Crippen molar-refractivity contribution < 1.29 is 20.3 Å². The predicted octanol–water partition coefficient (Wildman–Crippen LogP) is 0.135. The van der Waals surface area contributed by atoms with E-state index in [1.54, 1.807) is 0 Å². The van der Waals surface area contributed by atoms with Crippen LogP contribution in [0.1, 0.15) is 12.6 Å². The number of fused-ring (bicyclic) bond motifs is 1. The van der Waals surface area contributed by atoms with Gasteiger partial charge < -0.3 is 1.43 Å². The molecule has 0 heterocycles. The van der Waals surface area contributed by atoms with Crippen molar-refractivity contribution in [2.24, 2.45) is 0 Å². The van der Waals surface area contributed by atoms with Gasteiger partial charge in [-0.05, 0) is 23.6 Å². The van der Waals surface area contributed by atoms with Crippen LogP contribution in [0, 0.1) is 0 Å². The summed E-state index contributed by atoms with van der Waals surface area (Å²) in [5, 5.41) is 0. The molecule has 2 rings (SSSR count). The summed E-state index contributed by atoms with van der Waals surface area (Å²) in [5.74, 6) is 0. The summed E-state index contributed by atoms with van der Waals surface area (Å²) in [6.45, 7) is 0. The van der Waals surface area contributed by atoms with Crippen LogP contribution in [0.4, 0.5) is 0 Å². The minimum absolute atomic E-state index is 0. The Kier molecular flexibility index (Phi) is 3.01. The van der Waals surface area contributed by atoms with Crippen molar-refractivity contribution in [1.29, 1.82) is 0 Å². The molecule has 1 aliphatic carbocycles. The smallest absolute Gasteiger partial charge is 1.00 e. The van der Waals surface area contributed by atoms with E-state index in [0.717, 1.165) is 6.42 Å². The van der Waals surface area contributed by atoms with Crippen LogP contribution < -0.4 is 18.9 Å². The molecule has 52 valence electrons. The average molecular weight is 203 g/mol. The van der Waals surface area contributed by atoms with Crippen molar-refractivity contribution in [3.05, 3.63) is 39.9 Å². The van der Waals surface area contributed by atoms with Crippen LogP contribution >= 0.6 is 15.9 Å². The summed E-state index contributed by atoms with van der Waals surface area (Å²) in [5.41, 5.74) is 2.77. The maximum atomic E-state index is 3.50. The Balaban J connectivity index is 0.000000605. The van der Waals surface area contributed by atoms with Gasteiger partial charge >= 0.3 is 18.9 Å². The Morgan fingerprint density at radius 2 is 2.18 bits per heavy atom. The molecule has 0 saturated heterocycles. The van der Waals surface area contributed by atoms with Crippen molar-refractivity contribution in [1.82, 2.24) is 0 Å². The Bertz CT molecular complexity index is 297. The molecule has 11 heavy (non-hydrogen) atoms. The SMILES string of the molecule is Brc1cccc2c1C=CC2.[H-].[Li+]. The van der Waals surface area contributed by atoms with Gasteiger partial charge in [-0.3, -0.25) is 0 Å². The van der Waals surface area contributed by atoms with Crippen LogP contribution in [0.3, 0.4) is 0 Å². The first kappa shape index (κ1) is 9.13. The zero-order chi connectivity index (χ0) is 6.97. The van der Waals surface area contributed by atoms with Crippen molar-refractivity contribution in [2.45, 2.75) is 6.42 Å². The molecule has 0 bridgehead atoms. The topological polar surface area (TPSA) is 0 Å². The fourth-order valence-corrected chi connectivity index (χ4v) is 1.79. The normalized spacial score (nSPS) is 12.5. The van der Waals surface area contributed by atoms with E-state index in [1.165, 1.54) is 15.6 Å². The number of rotatable bonds is 0. The van der Waals surface area contributed by atoms with Crippen LogP contribution in [0.25, 0.3) is 6.08 Å². The molecule has 0 amide bonds. The van der Waals surface area contributed by atoms with Gasteiger partial charge in [-0.1, -0.05) is 40.2 Å². The molecule has 0 atom stereocenters. The van der Waals surface area contributed by atoms with E-state index < -0.39 is 0 Å². The molecule has 0 aromatic heterocycles. The summed E-state index contributed by atoms with van der Waals surface area (Å²) in [6.07, 6.45) is 5.45. The molecular formula is C9H8BrLi. The molecule has 1 aromatic rings. The fourth-order valence-electron chi connectivity index (χ4n) is 1.25. The first-order valence-corrected chi connectivity index (χ1v) is 4.11. The van der Waals surface area contributed by atoms with Gasteiger partial charge in [0.2, 0.25) is 0 Å². The second kappa shape index (κ2) is 3.63. The standard InChI is InChI=1S/C9H7Br.Li.H/c10-9-6-2-4-7-3-1-5-8(7)9;;/h1-2,4-6H,3H2;;/q;+1;-1. The van der Waals surface area contributed by atoms with E-state index in [-0.39, 0.29) is 20.3 Å². The van der Waals surface area contributed by atoms with Gasteiger partial charge in [-0.2, -0.15) is 0 Å². The van der Waals surface area contributed by atoms with Crippen LogP contribution in [-0.2, 0) is 6.42 Å². The van der Waals surface area contributed by atoms with E-state index in [9.17, 15) is 0 Å². The molecule has 0 fully saturated rings. The van der Waals surface area contributed by atoms with Crippen molar-refractivity contribution >= 4 is 22.0 Å². The average Bonchev–Trinajstić information content (AvgIpc) is 2.36. The van der Waals surface area contributed by atoms with Gasteiger partial charge in [0.05, 0.1) is 0 Å². The van der Waals surface area contributed by atoms with Crippen LogP contribution in [0.15, 0.2) is 28.7 Å². The second-order valence-corrected chi connectivity index (χ2v) is 3.27. The minimum atomic E-state index is 0. The van der Waals surface area contributed by atoms with Crippen molar-refractivity contribution in [2.75, 3.05) is 0 Å². The number of benzene rings is 1. The van der Waals surface area contributed by atoms with E-state index in [2.05, 4.69) is 46.3 Å². The molecule has 0 radical (unpaired) electrons. The van der Waals surface area contributed by atoms with Crippen molar-refractivity contribution in [3.8, 4) is 0 Å². The summed E-state index contributed by atoms with van der Waals surface area (Å²) in [6, 6.07) is 6.32. The third-order valence-corrected chi connectivity index (χ3v) is 2.46. The number of allylic oxidation sites excluding steroid dienone is 1. The molecule has 0 nitrogen and oxygen atoms in total. The number of hydrogen-bond donors (Lipinski definition) is 0. The zero-order valence-electron chi connectivity index (χ0n) is 7.47. The first-order chi connectivity index (χ1) is 4.88. The molecule has 1 aromatic carbocycles. The summed E-state index contributed by atoms with van der Waals surface area (Å²) in [7, 11) is 0. The maximum Gasteiger partial charge on any atom is 1.00 e. The Hall–Kier alpha value is 0.0374. The number of hydrogen-bond acceptors (Lipinski definition) is 0. The Labute approximate surface area is 88.5 Å². The molecule has 0 aliphatic heterocycles. The van der Waals surface area contributed by atoms with Gasteiger partial charge in [-0.25, -0.2) is 0 Å². The molecule has 0 saturated carbocycles. The Morgan fingerprint density at radius 1 is 1.36 bits per heavy atom. The number of halogens is 1. The van der Waals surface area contributed by atoms with Gasteiger partial charge in [0.25, 0.3) is 0 Å². The Morgan fingerprint density at radius 3 is 2.91 bits per heavy atom. The van der Waals surface area contributed by atoms with Crippen LogP contribution in [-0.4, -0.2) is 0 Å². The van der Waals surface area contributed by atoms with E-state index in [1.807, 2.05) is 0 Å². The van der Waals surface area contributed by atoms with Gasteiger partial charge in [0, 0.05) is 4.47 Å². The summed E-state index contributed by atoms with van der Waals surface area (Å²) in [4.78, 5) is 0. The van der Waals surface area contributed by atoms with Crippen LogP contribution in [0.5, 0.6) is 0 Å². The summed E-state index contributed by atoms with van der Waals surface area (Å²) < 4.78 is 1.21. The molecule has 0 unspecified atom stereocenters. The largest absolute Gasteiger partial charge is 1.00 e. The minimum Gasteiger partial charge on any atom is -1.00 e. The van der Waals surface area contributed by atoms with Gasteiger partial charge in [0.1, 0.15) is 0 Å². The summed E-state index contributed by atoms with van der Waals surface area (Å²) >= 11 is 3.50. The van der Waals surface area contributed by atoms with E-state index >= 15 is 0 Å². The molecular weight excluding hydrogens is 195 g/mol. The zero-order valence-corrected chi connectivity index (χ0v) is 8.06. The van der Waals surface area contributed by atoms with Crippen LogP contribution in [0.2, 0.25) is 0 Å². The van der Waals surface area contributed by atoms with Crippen molar-refractivity contribution in [3.63, 3.8) is 0 Å². The first-order valence-electron chi connectivity index (χ1n) is 3.32. The maximum absolute atomic E-state index is 3.50. The van der Waals surface area contributed by atoms with Gasteiger partial charge in [-0.15, -0.1) is 0 Å². The quantitative estimate of drug-likeness (QED) is 0.526. The fraction of sp³-hybridized carbons (Fsp3) is 0.111. The third-order valence-electron chi connectivity index (χ3n) is 1.77. The monoisotopic (exact) mass is 202 g/mol. The van der Waals surface area contributed by atoms with E-state index in [4.69, 9.17) is 0 Å². The van der Waals surface area contributed by atoms with Gasteiger partial charge in [0.15, 0.2) is 0 Å². The third kappa shape index (κ3) is 1.61. The molecule has 2 heteroatoms. The second-order valence-electron chi connectivity index (χ2n) is 2.42. The molecule has 0 N–H and O–H groups in total. The van der Waals surface area contributed by atoms with E-state index in [0.29, 0.717) is 0 Å².